The number of hydrogen-bond acceptors (Lipinski definition) is 7. The smallest absolute Gasteiger partial charge is 0.262 e. The number of ether oxygens (including phenoxy) is 1. The van der Waals surface area contributed by atoms with Gasteiger partial charge in [-0.3, -0.25) is 9.36 Å². The lowest BCUT2D eigenvalue weighted by Gasteiger charge is -2.13. The first kappa shape index (κ1) is 22.4. The molecule has 0 aliphatic carbocycles. The maximum atomic E-state index is 13.4. The largest absolute Gasteiger partial charge is 0.497 e. The molecule has 5 aromatic rings. The van der Waals surface area contributed by atoms with E-state index in [0.717, 1.165) is 21.3 Å². The van der Waals surface area contributed by atoms with Gasteiger partial charge in [0.25, 0.3) is 5.56 Å². The zero-order valence-corrected chi connectivity index (χ0v) is 20.5. The summed E-state index contributed by atoms with van der Waals surface area (Å²) in [6.45, 7) is 0.364. The van der Waals surface area contributed by atoms with Gasteiger partial charge in [0.1, 0.15) is 5.75 Å². The Kier molecular flexibility index (Phi) is 6.46. The van der Waals surface area contributed by atoms with Crippen LogP contribution in [0.2, 0.25) is 0 Å². The Balaban J connectivity index is 1.46. The van der Waals surface area contributed by atoms with E-state index < -0.39 is 0 Å². The van der Waals surface area contributed by atoms with E-state index in [2.05, 4.69) is 26.1 Å². The van der Waals surface area contributed by atoms with Crippen LogP contribution in [-0.2, 0) is 12.3 Å². The van der Waals surface area contributed by atoms with Crippen molar-refractivity contribution in [3.05, 3.63) is 99.1 Å². The van der Waals surface area contributed by atoms with Crippen molar-refractivity contribution in [2.45, 2.75) is 17.5 Å². The highest BCUT2D eigenvalue weighted by Crippen LogP contribution is 2.25. The van der Waals surface area contributed by atoms with Gasteiger partial charge in [-0.25, -0.2) is 4.98 Å². The Labute approximate surface area is 207 Å². The summed E-state index contributed by atoms with van der Waals surface area (Å²) in [7, 11) is 1.62. The lowest BCUT2D eigenvalue weighted by Crippen LogP contribution is -2.24. The molecule has 0 radical (unpaired) electrons. The highest BCUT2D eigenvalue weighted by molar-refractivity contribution is 9.10. The second-order valence-electron chi connectivity index (χ2n) is 7.47. The monoisotopic (exact) mass is 534 g/mol. The third kappa shape index (κ3) is 4.76. The fraction of sp³-hybridized carbons (Fsp3) is 0.120. The van der Waals surface area contributed by atoms with Crippen LogP contribution >= 0.6 is 27.7 Å². The Morgan fingerprint density at radius 2 is 1.88 bits per heavy atom. The molecule has 0 saturated carbocycles. The van der Waals surface area contributed by atoms with E-state index in [1.54, 1.807) is 17.7 Å². The first-order chi connectivity index (χ1) is 16.6. The number of nitrogens with zero attached hydrogens (tertiary/aromatic N) is 4. The van der Waals surface area contributed by atoms with E-state index >= 15 is 0 Å². The predicted molar refractivity (Wildman–Crippen MR) is 135 cm³/mol. The van der Waals surface area contributed by atoms with Gasteiger partial charge in [-0.1, -0.05) is 69.2 Å². The Morgan fingerprint density at radius 3 is 2.74 bits per heavy atom. The molecule has 3 aromatic carbocycles. The van der Waals surface area contributed by atoms with Crippen LogP contribution in [0, 0.1) is 0 Å². The van der Waals surface area contributed by atoms with E-state index in [-0.39, 0.29) is 5.56 Å². The third-order valence-electron chi connectivity index (χ3n) is 5.18. The van der Waals surface area contributed by atoms with Gasteiger partial charge >= 0.3 is 0 Å². The number of methoxy groups -OCH3 is 1. The molecule has 0 bridgehead atoms. The lowest BCUT2D eigenvalue weighted by atomic mass is 10.2. The second kappa shape index (κ2) is 9.82. The quantitative estimate of drug-likeness (QED) is 0.199. The number of halogens is 1. The van der Waals surface area contributed by atoms with Crippen molar-refractivity contribution in [2.75, 3.05) is 7.11 Å². The number of aromatic nitrogens is 4. The number of hydrogen-bond donors (Lipinski definition) is 0. The summed E-state index contributed by atoms with van der Waals surface area (Å²) in [5.74, 6) is 2.08. The van der Waals surface area contributed by atoms with Gasteiger partial charge in [0.15, 0.2) is 5.16 Å². The maximum absolute atomic E-state index is 13.4. The van der Waals surface area contributed by atoms with Gasteiger partial charge in [-0.2, -0.15) is 4.98 Å². The molecule has 0 aliphatic heterocycles. The SMILES string of the molecule is COc1cccc(Cn2c(SCc3nc(-c4cccc(Br)c4)no3)nc3ccccc3c2=O)c1. The maximum Gasteiger partial charge on any atom is 0.262 e. The minimum Gasteiger partial charge on any atom is -0.497 e. The van der Waals surface area contributed by atoms with Crippen LogP contribution in [0.3, 0.4) is 0 Å². The summed E-state index contributed by atoms with van der Waals surface area (Å²) in [6.07, 6.45) is 0. The molecule has 0 atom stereocenters. The second-order valence-corrected chi connectivity index (χ2v) is 9.32. The number of rotatable bonds is 7. The van der Waals surface area contributed by atoms with Gasteiger partial charge in [0.05, 0.1) is 30.3 Å². The minimum absolute atomic E-state index is 0.101. The van der Waals surface area contributed by atoms with E-state index in [1.165, 1.54) is 11.8 Å². The number of fused-ring (bicyclic) bond motifs is 1. The van der Waals surface area contributed by atoms with Gasteiger partial charge < -0.3 is 9.26 Å². The van der Waals surface area contributed by atoms with Crippen molar-refractivity contribution in [3.8, 4) is 17.1 Å². The molecule has 34 heavy (non-hydrogen) atoms. The van der Waals surface area contributed by atoms with Crippen molar-refractivity contribution in [2.24, 2.45) is 0 Å². The zero-order chi connectivity index (χ0) is 23.5. The van der Waals surface area contributed by atoms with Crippen LogP contribution < -0.4 is 10.3 Å². The van der Waals surface area contributed by atoms with E-state index in [9.17, 15) is 4.79 Å². The lowest BCUT2D eigenvalue weighted by molar-refractivity contribution is 0.391. The first-order valence-corrected chi connectivity index (χ1v) is 12.2. The molecule has 9 heteroatoms. The summed E-state index contributed by atoms with van der Waals surface area (Å²) in [5, 5.41) is 5.24. The van der Waals surface area contributed by atoms with Crippen molar-refractivity contribution >= 4 is 38.6 Å². The minimum atomic E-state index is -0.101. The molecular formula is C25H19BrN4O3S. The van der Waals surface area contributed by atoms with Gasteiger partial charge in [-0.05, 0) is 42.0 Å². The average molecular weight is 535 g/mol. The molecule has 2 heterocycles. The van der Waals surface area contributed by atoms with Gasteiger partial charge in [0.2, 0.25) is 11.7 Å². The van der Waals surface area contributed by atoms with E-state index in [0.29, 0.717) is 40.1 Å². The molecule has 0 fully saturated rings. The fourth-order valence-electron chi connectivity index (χ4n) is 3.54. The highest BCUT2D eigenvalue weighted by atomic mass is 79.9. The summed E-state index contributed by atoms with van der Waals surface area (Å²) < 4.78 is 13.4. The summed E-state index contributed by atoms with van der Waals surface area (Å²) in [6, 6.07) is 22.7. The van der Waals surface area contributed by atoms with Crippen molar-refractivity contribution in [1.29, 1.82) is 0 Å². The Morgan fingerprint density at radius 1 is 1.03 bits per heavy atom. The molecular weight excluding hydrogens is 516 g/mol. The van der Waals surface area contributed by atoms with Crippen molar-refractivity contribution < 1.29 is 9.26 Å². The number of para-hydroxylation sites is 1. The third-order valence-corrected chi connectivity index (χ3v) is 6.63. The van der Waals surface area contributed by atoms with Crippen LogP contribution in [-0.4, -0.2) is 26.8 Å². The van der Waals surface area contributed by atoms with Crippen LogP contribution in [0.4, 0.5) is 0 Å². The number of thioether (sulfide) groups is 1. The highest BCUT2D eigenvalue weighted by Gasteiger charge is 2.15. The Hall–Kier alpha value is -3.43. The van der Waals surface area contributed by atoms with Crippen molar-refractivity contribution in [3.63, 3.8) is 0 Å². The fourth-order valence-corrected chi connectivity index (χ4v) is 4.77. The average Bonchev–Trinajstić information content (AvgIpc) is 3.34. The van der Waals surface area contributed by atoms with Crippen LogP contribution in [0.15, 0.2) is 91.7 Å². The molecule has 7 nitrogen and oxygen atoms in total. The van der Waals surface area contributed by atoms with Crippen LogP contribution in [0.25, 0.3) is 22.3 Å². The normalized spacial score (nSPS) is 11.1. The number of benzene rings is 3. The summed E-state index contributed by atoms with van der Waals surface area (Å²) in [5.41, 5.74) is 2.34. The molecule has 2 aromatic heterocycles. The molecule has 0 unspecified atom stereocenters. The summed E-state index contributed by atoms with van der Waals surface area (Å²) in [4.78, 5) is 22.6. The zero-order valence-electron chi connectivity index (χ0n) is 18.1. The summed E-state index contributed by atoms with van der Waals surface area (Å²) >= 11 is 4.84. The molecule has 170 valence electrons. The van der Waals surface area contributed by atoms with E-state index in [1.807, 2.05) is 66.7 Å². The molecule has 5 rings (SSSR count). The van der Waals surface area contributed by atoms with E-state index in [4.69, 9.17) is 14.2 Å². The topological polar surface area (TPSA) is 83.0 Å². The van der Waals surface area contributed by atoms with Gasteiger partial charge in [-0.15, -0.1) is 0 Å². The van der Waals surface area contributed by atoms with Crippen LogP contribution in [0.1, 0.15) is 11.5 Å². The molecule has 0 amide bonds. The molecule has 0 aliphatic rings. The molecule has 0 spiro atoms. The van der Waals surface area contributed by atoms with Crippen molar-refractivity contribution in [1.82, 2.24) is 19.7 Å². The van der Waals surface area contributed by atoms with Gasteiger partial charge in [0, 0.05) is 10.0 Å². The molecule has 0 N–H and O–H groups in total. The standard InChI is InChI=1S/C25H19BrN4O3S/c1-32-19-9-4-6-16(12-19)14-30-24(31)20-10-2-3-11-21(20)27-25(30)34-15-22-28-23(29-33-22)17-7-5-8-18(26)13-17/h2-13H,14-15H2,1H3. The van der Waals surface area contributed by atoms with Crippen LogP contribution in [0.5, 0.6) is 5.75 Å². The predicted octanol–water partition coefficient (Wildman–Crippen LogP) is 5.56. The first-order valence-electron chi connectivity index (χ1n) is 10.4. The molecule has 0 saturated heterocycles. The Bertz CT molecular complexity index is 1530.